The second-order valence-corrected chi connectivity index (χ2v) is 5.54. The first kappa shape index (κ1) is 15.2. The molecule has 5 nitrogen and oxygen atoms in total. The molecule has 0 unspecified atom stereocenters. The lowest BCUT2D eigenvalue weighted by molar-refractivity contribution is -0.139. The molecule has 118 valence electrons. The van der Waals surface area contributed by atoms with Crippen LogP contribution in [0.1, 0.15) is 18.4 Å². The predicted molar refractivity (Wildman–Crippen MR) is 88.1 cm³/mol. The highest BCUT2D eigenvalue weighted by atomic mass is 16.5. The van der Waals surface area contributed by atoms with Gasteiger partial charge < -0.3 is 4.74 Å². The molecule has 0 atom stereocenters. The molecule has 1 heterocycles. The van der Waals surface area contributed by atoms with Gasteiger partial charge in [0.25, 0.3) is 0 Å². The van der Waals surface area contributed by atoms with Crippen molar-refractivity contribution in [2.75, 3.05) is 13.7 Å². The Kier molecular flexibility index (Phi) is 4.37. The number of hydrogen-bond donors (Lipinski definition) is 0. The predicted octanol–water partition coefficient (Wildman–Crippen LogP) is 2.53. The lowest BCUT2D eigenvalue weighted by Crippen LogP contribution is -2.23. The van der Waals surface area contributed by atoms with Crippen molar-refractivity contribution in [1.82, 2.24) is 5.01 Å². The lowest BCUT2D eigenvalue weighted by Gasteiger charge is -2.11. The Morgan fingerprint density at radius 3 is 2.78 bits per heavy atom. The van der Waals surface area contributed by atoms with E-state index in [4.69, 9.17) is 0 Å². The van der Waals surface area contributed by atoms with Gasteiger partial charge in [0, 0.05) is 6.54 Å². The number of carbonyl (C=O) groups is 2. The van der Waals surface area contributed by atoms with Crippen molar-refractivity contribution < 1.29 is 14.3 Å². The fourth-order valence-electron chi connectivity index (χ4n) is 2.67. The standard InChI is InChI=1S/C18H18N2O3/c1-23-18(22)12-16-11-17(21)20(19-16)9-8-13-6-7-14-4-2-3-5-15(14)10-13/h2-7,10H,8-9,11-12H2,1H3. The third-order valence-corrected chi connectivity index (χ3v) is 3.91. The van der Waals surface area contributed by atoms with E-state index >= 15 is 0 Å². The summed E-state index contributed by atoms with van der Waals surface area (Å²) in [5.41, 5.74) is 1.73. The summed E-state index contributed by atoms with van der Waals surface area (Å²) in [5.74, 6) is -0.433. The topological polar surface area (TPSA) is 59.0 Å². The van der Waals surface area contributed by atoms with Crippen molar-refractivity contribution in [3.05, 3.63) is 48.0 Å². The van der Waals surface area contributed by atoms with E-state index in [9.17, 15) is 9.59 Å². The largest absolute Gasteiger partial charge is 0.469 e. The fraction of sp³-hybridized carbons (Fsp3) is 0.278. The van der Waals surface area contributed by atoms with E-state index in [0.29, 0.717) is 12.3 Å². The van der Waals surface area contributed by atoms with Crippen LogP contribution in [0.3, 0.4) is 0 Å². The van der Waals surface area contributed by atoms with Crippen molar-refractivity contribution in [1.29, 1.82) is 0 Å². The van der Waals surface area contributed by atoms with Crippen molar-refractivity contribution in [3.63, 3.8) is 0 Å². The molecule has 0 bridgehead atoms. The molecular weight excluding hydrogens is 292 g/mol. The molecule has 0 N–H and O–H groups in total. The van der Waals surface area contributed by atoms with Gasteiger partial charge in [-0.2, -0.15) is 5.10 Å². The van der Waals surface area contributed by atoms with Gasteiger partial charge in [-0.3, -0.25) is 9.59 Å². The monoisotopic (exact) mass is 310 g/mol. The van der Waals surface area contributed by atoms with Crippen molar-refractivity contribution in [2.45, 2.75) is 19.3 Å². The average Bonchev–Trinajstić information content (AvgIpc) is 2.92. The number of benzene rings is 2. The summed E-state index contributed by atoms with van der Waals surface area (Å²) in [7, 11) is 1.33. The van der Waals surface area contributed by atoms with E-state index in [1.807, 2.05) is 12.1 Å². The number of fused-ring (bicyclic) bond motifs is 1. The lowest BCUT2D eigenvalue weighted by atomic mass is 10.1. The zero-order chi connectivity index (χ0) is 16.2. The van der Waals surface area contributed by atoms with Crippen LogP contribution in [0, 0.1) is 0 Å². The number of nitrogens with zero attached hydrogens (tertiary/aromatic N) is 2. The number of rotatable bonds is 5. The molecule has 0 aromatic heterocycles. The molecule has 23 heavy (non-hydrogen) atoms. The van der Waals surface area contributed by atoms with Crippen LogP contribution in [0.5, 0.6) is 0 Å². The molecule has 0 radical (unpaired) electrons. The normalized spacial score (nSPS) is 14.2. The summed E-state index contributed by atoms with van der Waals surface area (Å²) in [6.07, 6.45) is 1.01. The van der Waals surface area contributed by atoms with Crippen LogP contribution in [0.2, 0.25) is 0 Å². The average molecular weight is 310 g/mol. The van der Waals surface area contributed by atoms with E-state index in [0.717, 1.165) is 12.0 Å². The maximum Gasteiger partial charge on any atom is 0.311 e. The Morgan fingerprint density at radius 1 is 1.22 bits per heavy atom. The van der Waals surface area contributed by atoms with E-state index in [-0.39, 0.29) is 24.7 Å². The van der Waals surface area contributed by atoms with Gasteiger partial charge in [0.2, 0.25) is 5.91 Å². The number of ether oxygens (including phenoxy) is 1. The maximum absolute atomic E-state index is 11.9. The molecule has 0 fully saturated rings. The fourth-order valence-corrected chi connectivity index (χ4v) is 2.67. The van der Waals surface area contributed by atoms with Gasteiger partial charge in [-0.05, 0) is 22.8 Å². The van der Waals surface area contributed by atoms with E-state index in [2.05, 4.69) is 40.2 Å². The van der Waals surface area contributed by atoms with Crippen LogP contribution in [0.25, 0.3) is 10.8 Å². The molecule has 0 spiro atoms. The number of methoxy groups -OCH3 is 1. The van der Waals surface area contributed by atoms with Gasteiger partial charge in [-0.15, -0.1) is 0 Å². The van der Waals surface area contributed by atoms with Gasteiger partial charge in [0.05, 0.1) is 25.7 Å². The number of carbonyl (C=O) groups excluding carboxylic acids is 2. The zero-order valence-corrected chi connectivity index (χ0v) is 13.0. The molecule has 1 amide bonds. The molecule has 1 aliphatic heterocycles. The van der Waals surface area contributed by atoms with Crippen LogP contribution in [0.4, 0.5) is 0 Å². The number of hydrogen-bond acceptors (Lipinski definition) is 4. The summed E-state index contributed by atoms with van der Waals surface area (Å²) in [5, 5.41) is 8.07. The second-order valence-electron chi connectivity index (χ2n) is 5.54. The smallest absolute Gasteiger partial charge is 0.311 e. The summed E-state index contributed by atoms with van der Waals surface area (Å²) in [6.45, 7) is 0.516. The Bertz CT molecular complexity index is 783. The highest BCUT2D eigenvalue weighted by molar-refractivity contribution is 6.10. The highest BCUT2D eigenvalue weighted by Crippen LogP contribution is 2.17. The molecule has 2 aromatic carbocycles. The molecule has 5 heteroatoms. The van der Waals surface area contributed by atoms with Gasteiger partial charge >= 0.3 is 5.97 Å². The van der Waals surface area contributed by atoms with Crippen LogP contribution < -0.4 is 0 Å². The van der Waals surface area contributed by atoms with E-state index in [1.165, 1.54) is 22.9 Å². The van der Waals surface area contributed by atoms with Gasteiger partial charge in [-0.1, -0.05) is 42.5 Å². The first-order valence-electron chi connectivity index (χ1n) is 7.57. The van der Waals surface area contributed by atoms with Crippen molar-refractivity contribution >= 4 is 28.4 Å². The molecular formula is C18H18N2O3. The Labute approximate surface area is 134 Å². The highest BCUT2D eigenvalue weighted by Gasteiger charge is 2.25. The summed E-state index contributed by atoms with van der Waals surface area (Å²) < 4.78 is 4.60. The van der Waals surface area contributed by atoms with Gasteiger partial charge in [0.1, 0.15) is 0 Å². The summed E-state index contributed by atoms with van der Waals surface area (Å²) in [4.78, 5) is 23.2. The number of esters is 1. The molecule has 0 saturated carbocycles. The number of hydrazone groups is 1. The first-order chi connectivity index (χ1) is 11.2. The number of amides is 1. The van der Waals surface area contributed by atoms with Crippen LogP contribution >= 0.6 is 0 Å². The minimum Gasteiger partial charge on any atom is -0.469 e. The van der Waals surface area contributed by atoms with Crippen LogP contribution in [-0.2, 0) is 20.7 Å². The molecule has 3 rings (SSSR count). The SMILES string of the molecule is COC(=O)CC1=NN(CCc2ccc3ccccc3c2)C(=O)C1. The van der Waals surface area contributed by atoms with Crippen LogP contribution in [0.15, 0.2) is 47.6 Å². The zero-order valence-electron chi connectivity index (χ0n) is 13.0. The molecule has 1 aliphatic rings. The van der Waals surface area contributed by atoms with Gasteiger partial charge in [-0.25, -0.2) is 5.01 Å². The van der Waals surface area contributed by atoms with Crippen LogP contribution in [-0.4, -0.2) is 36.3 Å². The second kappa shape index (κ2) is 6.60. The minimum atomic E-state index is -0.368. The summed E-state index contributed by atoms with van der Waals surface area (Å²) >= 11 is 0. The third-order valence-electron chi connectivity index (χ3n) is 3.91. The minimum absolute atomic E-state index is 0.0651. The van der Waals surface area contributed by atoms with Crippen molar-refractivity contribution in [3.8, 4) is 0 Å². The quantitative estimate of drug-likeness (QED) is 0.797. The Morgan fingerprint density at radius 2 is 2.00 bits per heavy atom. The maximum atomic E-state index is 11.9. The first-order valence-corrected chi connectivity index (χ1v) is 7.57. The summed E-state index contributed by atoms with van der Waals surface area (Å²) in [6, 6.07) is 14.5. The van der Waals surface area contributed by atoms with Gasteiger partial charge in [0.15, 0.2) is 0 Å². The molecule has 0 saturated heterocycles. The van der Waals surface area contributed by atoms with E-state index in [1.54, 1.807) is 0 Å². The Balaban J connectivity index is 1.64. The molecule has 2 aromatic rings. The third kappa shape index (κ3) is 3.56. The molecule has 0 aliphatic carbocycles. The Hall–Kier alpha value is -2.69. The van der Waals surface area contributed by atoms with E-state index < -0.39 is 0 Å². The van der Waals surface area contributed by atoms with Crippen molar-refractivity contribution in [2.24, 2.45) is 5.10 Å².